The van der Waals surface area contributed by atoms with Crippen molar-refractivity contribution in [3.8, 4) is 11.8 Å². The SMILES string of the molecule is CCC(C)N(CC(=O)O)C(=O)COc1ccc(C#N)cc1. The molecule has 21 heavy (non-hydrogen) atoms. The van der Waals surface area contributed by atoms with Crippen molar-refractivity contribution in [2.75, 3.05) is 13.2 Å². The first-order valence-corrected chi connectivity index (χ1v) is 6.62. The van der Waals surface area contributed by atoms with Crippen molar-refractivity contribution in [3.05, 3.63) is 29.8 Å². The highest BCUT2D eigenvalue weighted by molar-refractivity contribution is 5.82. The predicted octanol–water partition coefficient (Wildman–Crippen LogP) is 1.65. The number of aliphatic carboxylic acids is 1. The standard InChI is InChI=1S/C15H18N2O4/c1-3-11(2)17(9-15(19)20)14(18)10-21-13-6-4-12(8-16)5-7-13/h4-7,11H,3,9-10H2,1-2H3,(H,19,20). The molecule has 0 radical (unpaired) electrons. The third-order valence-corrected chi connectivity index (χ3v) is 3.09. The van der Waals surface area contributed by atoms with Crippen LogP contribution in [0.4, 0.5) is 0 Å². The van der Waals surface area contributed by atoms with Gasteiger partial charge >= 0.3 is 5.97 Å². The Morgan fingerprint density at radius 2 is 2.00 bits per heavy atom. The van der Waals surface area contributed by atoms with Gasteiger partial charge in [-0.05, 0) is 37.6 Å². The Morgan fingerprint density at radius 3 is 2.48 bits per heavy atom. The van der Waals surface area contributed by atoms with Gasteiger partial charge in [-0.2, -0.15) is 5.26 Å². The van der Waals surface area contributed by atoms with Gasteiger partial charge in [-0.25, -0.2) is 0 Å². The van der Waals surface area contributed by atoms with Crippen LogP contribution in [0.3, 0.4) is 0 Å². The van der Waals surface area contributed by atoms with E-state index in [1.54, 1.807) is 31.2 Å². The number of carboxylic acids is 1. The highest BCUT2D eigenvalue weighted by atomic mass is 16.5. The van der Waals surface area contributed by atoms with Crippen molar-refractivity contribution in [1.82, 2.24) is 4.90 Å². The first-order valence-electron chi connectivity index (χ1n) is 6.62. The molecule has 0 saturated heterocycles. The van der Waals surface area contributed by atoms with Gasteiger partial charge in [0.05, 0.1) is 11.6 Å². The Bertz CT molecular complexity index is 534. The summed E-state index contributed by atoms with van der Waals surface area (Å²) in [7, 11) is 0. The number of carboxylic acid groups (broad SMARTS) is 1. The van der Waals surface area contributed by atoms with Gasteiger partial charge in [-0.1, -0.05) is 6.92 Å². The van der Waals surface area contributed by atoms with Crippen molar-refractivity contribution in [3.63, 3.8) is 0 Å². The highest BCUT2D eigenvalue weighted by Gasteiger charge is 2.21. The fourth-order valence-corrected chi connectivity index (χ4v) is 1.71. The van der Waals surface area contributed by atoms with Crippen molar-refractivity contribution in [1.29, 1.82) is 5.26 Å². The molecule has 0 aromatic heterocycles. The molecule has 1 unspecified atom stereocenters. The maximum atomic E-state index is 12.1. The van der Waals surface area contributed by atoms with E-state index >= 15 is 0 Å². The smallest absolute Gasteiger partial charge is 0.323 e. The molecular weight excluding hydrogens is 272 g/mol. The topological polar surface area (TPSA) is 90.6 Å². The fourth-order valence-electron chi connectivity index (χ4n) is 1.71. The van der Waals surface area contributed by atoms with Gasteiger partial charge in [0, 0.05) is 6.04 Å². The number of nitrogens with zero attached hydrogens (tertiary/aromatic N) is 2. The summed E-state index contributed by atoms with van der Waals surface area (Å²) in [5.41, 5.74) is 0.501. The summed E-state index contributed by atoms with van der Waals surface area (Å²) in [5, 5.41) is 17.5. The average molecular weight is 290 g/mol. The molecule has 0 fully saturated rings. The summed E-state index contributed by atoms with van der Waals surface area (Å²) in [6.07, 6.45) is 0.663. The minimum atomic E-state index is -1.05. The molecule has 1 atom stereocenters. The summed E-state index contributed by atoms with van der Waals surface area (Å²) in [4.78, 5) is 24.2. The minimum absolute atomic E-state index is 0.168. The maximum absolute atomic E-state index is 12.1. The van der Waals surface area contributed by atoms with Crippen molar-refractivity contribution >= 4 is 11.9 Å². The van der Waals surface area contributed by atoms with Crippen LogP contribution in [0.2, 0.25) is 0 Å². The molecule has 1 N–H and O–H groups in total. The number of carbonyl (C=O) groups excluding carboxylic acids is 1. The van der Waals surface area contributed by atoms with Crippen LogP contribution in [0.5, 0.6) is 5.75 Å². The van der Waals surface area contributed by atoms with E-state index in [-0.39, 0.29) is 25.1 Å². The number of hydrogen-bond donors (Lipinski definition) is 1. The Morgan fingerprint density at radius 1 is 1.38 bits per heavy atom. The molecule has 0 bridgehead atoms. The second-order valence-corrected chi connectivity index (χ2v) is 4.60. The van der Waals surface area contributed by atoms with E-state index in [0.717, 1.165) is 0 Å². The fraction of sp³-hybridized carbons (Fsp3) is 0.400. The Balaban J connectivity index is 2.64. The van der Waals surface area contributed by atoms with Gasteiger partial charge < -0.3 is 14.7 Å². The van der Waals surface area contributed by atoms with E-state index < -0.39 is 5.97 Å². The third-order valence-electron chi connectivity index (χ3n) is 3.09. The monoisotopic (exact) mass is 290 g/mol. The zero-order valence-electron chi connectivity index (χ0n) is 12.1. The summed E-state index contributed by atoms with van der Waals surface area (Å²) in [6, 6.07) is 8.18. The van der Waals surface area contributed by atoms with Crippen LogP contribution in [0.1, 0.15) is 25.8 Å². The van der Waals surface area contributed by atoms with Crippen molar-refractivity contribution < 1.29 is 19.4 Å². The maximum Gasteiger partial charge on any atom is 0.323 e. The second kappa shape index (κ2) is 7.90. The molecule has 0 aliphatic carbocycles. The Hall–Kier alpha value is -2.55. The van der Waals surface area contributed by atoms with Gasteiger partial charge in [0.1, 0.15) is 12.3 Å². The second-order valence-electron chi connectivity index (χ2n) is 4.60. The number of rotatable bonds is 7. The van der Waals surface area contributed by atoms with Crippen LogP contribution in [-0.2, 0) is 9.59 Å². The van der Waals surface area contributed by atoms with Crippen molar-refractivity contribution in [2.24, 2.45) is 0 Å². The van der Waals surface area contributed by atoms with E-state index in [4.69, 9.17) is 15.1 Å². The number of ether oxygens (including phenoxy) is 1. The molecule has 0 saturated carbocycles. The largest absolute Gasteiger partial charge is 0.484 e. The minimum Gasteiger partial charge on any atom is -0.484 e. The Labute approximate surface area is 123 Å². The van der Waals surface area contributed by atoms with Crippen LogP contribution in [0.15, 0.2) is 24.3 Å². The number of amides is 1. The molecule has 0 heterocycles. The van der Waals surface area contributed by atoms with E-state index in [9.17, 15) is 9.59 Å². The summed E-state index contributed by atoms with van der Waals surface area (Å²) < 4.78 is 5.33. The lowest BCUT2D eigenvalue weighted by molar-refractivity contribution is -0.147. The lowest BCUT2D eigenvalue weighted by Crippen LogP contribution is -2.44. The predicted molar refractivity (Wildman–Crippen MR) is 75.8 cm³/mol. The summed E-state index contributed by atoms with van der Waals surface area (Å²) in [6.45, 7) is 3.10. The average Bonchev–Trinajstić information content (AvgIpc) is 2.49. The van der Waals surface area contributed by atoms with Gasteiger partial charge in [0.2, 0.25) is 0 Å². The normalized spacial score (nSPS) is 11.3. The number of benzene rings is 1. The molecule has 0 aliphatic rings. The number of nitriles is 1. The number of hydrogen-bond acceptors (Lipinski definition) is 4. The lowest BCUT2D eigenvalue weighted by Gasteiger charge is -2.26. The van der Waals surface area contributed by atoms with E-state index in [1.807, 2.05) is 13.0 Å². The molecule has 0 spiro atoms. The molecule has 1 rings (SSSR count). The third kappa shape index (κ3) is 5.15. The van der Waals surface area contributed by atoms with Gasteiger partial charge in [-0.3, -0.25) is 9.59 Å². The molecule has 6 heteroatoms. The van der Waals surface area contributed by atoms with Crippen LogP contribution in [0, 0.1) is 11.3 Å². The zero-order valence-corrected chi connectivity index (χ0v) is 12.1. The van der Waals surface area contributed by atoms with Crippen molar-refractivity contribution in [2.45, 2.75) is 26.3 Å². The molecule has 0 aliphatic heterocycles. The van der Waals surface area contributed by atoms with Crippen LogP contribution in [-0.4, -0.2) is 41.1 Å². The lowest BCUT2D eigenvalue weighted by atomic mass is 10.2. The highest BCUT2D eigenvalue weighted by Crippen LogP contribution is 2.12. The molecule has 1 amide bonds. The molecule has 6 nitrogen and oxygen atoms in total. The van der Waals surface area contributed by atoms with E-state index in [2.05, 4.69) is 0 Å². The van der Waals surface area contributed by atoms with Gasteiger partial charge in [0.15, 0.2) is 6.61 Å². The quantitative estimate of drug-likeness (QED) is 0.824. The summed E-state index contributed by atoms with van der Waals surface area (Å²) >= 11 is 0. The molecule has 112 valence electrons. The first kappa shape index (κ1) is 16.5. The van der Waals surface area contributed by atoms with Gasteiger partial charge in [0.25, 0.3) is 5.91 Å². The molecule has 1 aromatic carbocycles. The zero-order chi connectivity index (χ0) is 15.8. The summed E-state index contributed by atoms with van der Waals surface area (Å²) in [5.74, 6) is -0.972. The Kier molecular flexibility index (Phi) is 6.21. The first-order chi connectivity index (χ1) is 9.97. The molecule has 1 aromatic rings. The van der Waals surface area contributed by atoms with Crippen LogP contribution < -0.4 is 4.74 Å². The van der Waals surface area contributed by atoms with E-state index in [0.29, 0.717) is 17.7 Å². The van der Waals surface area contributed by atoms with Gasteiger partial charge in [-0.15, -0.1) is 0 Å². The molecular formula is C15H18N2O4. The van der Waals surface area contributed by atoms with Crippen LogP contribution >= 0.6 is 0 Å². The van der Waals surface area contributed by atoms with E-state index in [1.165, 1.54) is 4.90 Å². The number of carbonyl (C=O) groups is 2. The van der Waals surface area contributed by atoms with Crippen LogP contribution in [0.25, 0.3) is 0 Å².